The van der Waals surface area contributed by atoms with E-state index in [1.54, 1.807) is 54.9 Å². The number of aryl methyl sites for hydroxylation is 1. The molecule has 0 aliphatic rings. The van der Waals surface area contributed by atoms with Gasteiger partial charge >= 0.3 is 0 Å². The van der Waals surface area contributed by atoms with Crippen molar-refractivity contribution in [2.45, 2.75) is 20.3 Å². The molecule has 5 nitrogen and oxygen atoms in total. The van der Waals surface area contributed by atoms with E-state index in [1.165, 1.54) is 12.1 Å². The number of benzene rings is 2. The Kier molecular flexibility index (Phi) is 4.81. The Morgan fingerprint density at radius 2 is 1.81 bits per heavy atom. The lowest BCUT2D eigenvalue weighted by molar-refractivity contribution is 0.102. The van der Waals surface area contributed by atoms with Crippen molar-refractivity contribution >= 4 is 11.6 Å². The lowest BCUT2D eigenvalue weighted by Gasteiger charge is -2.07. The molecule has 1 aromatic heterocycles. The monoisotopic (exact) mass is 348 g/mol. The van der Waals surface area contributed by atoms with Gasteiger partial charge in [-0.25, -0.2) is 9.07 Å². The minimum atomic E-state index is -0.326. The van der Waals surface area contributed by atoms with E-state index in [1.807, 2.05) is 0 Å². The van der Waals surface area contributed by atoms with Gasteiger partial charge in [0.2, 0.25) is 0 Å². The van der Waals surface area contributed by atoms with Gasteiger partial charge in [-0.1, -0.05) is 12.1 Å². The molecule has 0 saturated heterocycles. The third-order valence-electron chi connectivity index (χ3n) is 4.08. The number of hydrogen-bond donors (Lipinski definition) is 1. The van der Waals surface area contributed by atoms with Crippen LogP contribution in [0.5, 0.6) is 0 Å². The Balaban J connectivity index is 1.86. The minimum absolute atomic E-state index is 0.263. The topological polar surface area (TPSA) is 70.7 Å². The largest absolute Gasteiger partial charge is 0.322 e. The molecule has 1 N–H and O–H groups in total. The summed E-state index contributed by atoms with van der Waals surface area (Å²) in [5.41, 5.74) is 3.97. The molecule has 0 fully saturated rings. The third kappa shape index (κ3) is 3.47. The van der Waals surface area contributed by atoms with Crippen LogP contribution in [0.15, 0.2) is 48.5 Å². The van der Waals surface area contributed by atoms with Crippen LogP contribution in [0.4, 0.5) is 10.1 Å². The number of nitrogens with zero attached hydrogens (tertiary/aromatic N) is 3. The van der Waals surface area contributed by atoms with Crippen LogP contribution in [0.3, 0.4) is 0 Å². The van der Waals surface area contributed by atoms with Crippen LogP contribution >= 0.6 is 0 Å². The second kappa shape index (κ2) is 7.19. The summed E-state index contributed by atoms with van der Waals surface area (Å²) in [6, 6.07) is 15.2. The highest BCUT2D eigenvalue weighted by atomic mass is 19.1. The summed E-state index contributed by atoms with van der Waals surface area (Å²) in [5.74, 6) is -0.588. The van der Waals surface area contributed by atoms with Gasteiger partial charge in [0.1, 0.15) is 5.82 Å². The van der Waals surface area contributed by atoms with Crippen LogP contribution in [0.1, 0.15) is 27.3 Å². The van der Waals surface area contributed by atoms with Gasteiger partial charge < -0.3 is 5.32 Å². The number of amides is 1. The normalized spacial score (nSPS) is 10.4. The lowest BCUT2D eigenvalue weighted by Crippen LogP contribution is -2.14. The number of nitrogens with one attached hydrogen (secondary N) is 1. The molecule has 0 unspecified atom stereocenters. The van der Waals surface area contributed by atoms with Gasteiger partial charge in [-0.3, -0.25) is 4.79 Å². The molecule has 3 rings (SSSR count). The molecule has 130 valence electrons. The molecule has 0 spiro atoms. The van der Waals surface area contributed by atoms with Crippen LogP contribution in [0.25, 0.3) is 5.69 Å². The zero-order valence-electron chi connectivity index (χ0n) is 14.5. The second-order valence-corrected chi connectivity index (χ2v) is 5.92. The molecule has 2 aromatic carbocycles. The number of rotatable bonds is 4. The number of nitriles is 1. The van der Waals surface area contributed by atoms with Crippen molar-refractivity contribution in [3.8, 4) is 11.8 Å². The predicted octanol–water partition coefficient (Wildman–Crippen LogP) is 3.95. The van der Waals surface area contributed by atoms with Crippen LogP contribution in [-0.2, 0) is 6.42 Å². The summed E-state index contributed by atoms with van der Waals surface area (Å²) < 4.78 is 14.7. The molecule has 1 heterocycles. The molecule has 0 atom stereocenters. The highest BCUT2D eigenvalue weighted by Gasteiger charge is 2.19. The first-order valence-electron chi connectivity index (χ1n) is 8.09. The van der Waals surface area contributed by atoms with Crippen molar-refractivity contribution in [3.05, 3.63) is 76.9 Å². The molecule has 26 heavy (non-hydrogen) atoms. The average Bonchev–Trinajstić information content (AvgIpc) is 2.92. The van der Waals surface area contributed by atoms with Gasteiger partial charge in [-0.05, 0) is 55.8 Å². The molecule has 0 bridgehead atoms. The van der Waals surface area contributed by atoms with Gasteiger partial charge in [-0.2, -0.15) is 10.4 Å². The fourth-order valence-electron chi connectivity index (χ4n) is 2.80. The SMILES string of the molecule is Cc1nn(-c2ccc(F)cc2)c(C)c1C(=O)Nc1ccc(CC#N)cc1. The van der Waals surface area contributed by atoms with Crippen LogP contribution < -0.4 is 5.32 Å². The quantitative estimate of drug-likeness (QED) is 0.776. The van der Waals surface area contributed by atoms with Crippen LogP contribution in [0.2, 0.25) is 0 Å². The first-order chi connectivity index (χ1) is 12.5. The summed E-state index contributed by atoms with van der Waals surface area (Å²) in [4.78, 5) is 12.7. The minimum Gasteiger partial charge on any atom is -0.322 e. The number of carbonyl (C=O) groups is 1. The van der Waals surface area contributed by atoms with E-state index in [0.717, 1.165) is 5.56 Å². The van der Waals surface area contributed by atoms with Crippen LogP contribution in [0, 0.1) is 31.0 Å². The summed E-state index contributed by atoms with van der Waals surface area (Å²) in [7, 11) is 0. The highest BCUT2D eigenvalue weighted by Crippen LogP contribution is 2.20. The molecule has 6 heteroatoms. The van der Waals surface area contributed by atoms with Gasteiger partial charge in [0.05, 0.1) is 35.1 Å². The van der Waals surface area contributed by atoms with Gasteiger partial charge in [0, 0.05) is 5.69 Å². The Morgan fingerprint density at radius 1 is 1.15 bits per heavy atom. The number of halogens is 1. The molecular weight excluding hydrogens is 331 g/mol. The first-order valence-corrected chi connectivity index (χ1v) is 8.09. The number of carbonyl (C=O) groups excluding carboxylic acids is 1. The fraction of sp³-hybridized carbons (Fsp3) is 0.150. The van der Waals surface area contributed by atoms with E-state index in [2.05, 4.69) is 16.5 Å². The maximum atomic E-state index is 13.1. The summed E-state index contributed by atoms with van der Waals surface area (Å²) in [5, 5.41) is 16.0. The molecule has 1 amide bonds. The molecular formula is C20H17FN4O. The van der Waals surface area contributed by atoms with Gasteiger partial charge in [0.15, 0.2) is 0 Å². The first kappa shape index (κ1) is 17.4. The number of anilines is 1. The van der Waals surface area contributed by atoms with Crippen molar-refractivity contribution in [2.24, 2.45) is 0 Å². The van der Waals surface area contributed by atoms with Crippen molar-refractivity contribution in [1.29, 1.82) is 5.26 Å². The van der Waals surface area contributed by atoms with E-state index in [9.17, 15) is 9.18 Å². The van der Waals surface area contributed by atoms with E-state index in [0.29, 0.717) is 34.7 Å². The molecule has 0 aliphatic heterocycles. The highest BCUT2D eigenvalue weighted by molar-refractivity contribution is 6.05. The molecule has 0 saturated carbocycles. The molecule has 0 aliphatic carbocycles. The van der Waals surface area contributed by atoms with Crippen molar-refractivity contribution < 1.29 is 9.18 Å². The van der Waals surface area contributed by atoms with Crippen LogP contribution in [-0.4, -0.2) is 15.7 Å². The smallest absolute Gasteiger partial charge is 0.259 e. The Morgan fingerprint density at radius 3 is 2.42 bits per heavy atom. The maximum Gasteiger partial charge on any atom is 0.259 e. The van der Waals surface area contributed by atoms with Crippen molar-refractivity contribution in [2.75, 3.05) is 5.32 Å². The summed E-state index contributed by atoms with van der Waals surface area (Å²) >= 11 is 0. The zero-order valence-corrected chi connectivity index (χ0v) is 14.5. The Bertz CT molecular complexity index is 982. The molecule has 3 aromatic rings. The van der Waals surface area contributed by atoms with E-state index in [-0.39, 0.29) is 11.7 Å². The average molecular weight is 348 g/mol. The summed E-state index contributed by atoms with van der Waals surface area (Å²) in [6.07, 6.45) is 0.330. The Labute approximate surface area is 150 Å². The summed E-state index contributed by atoms with van der Waals surface area (Å²) in [6.45, 7) is 3.56. The maximum absolute atomic E-state index is 13.1. The van der Waals surface area contributed by atoms with Gasteiger partial charge in [-0.15, -0.1) is 0 Å². The third-order valence-corrected chi connectivity index (χ3v) is 4.08. The van der Waals surface area contributed by atoms with E-state index >= 15 is 0 Å². The number of aromatic nitrogens is 2. The second-order valence-electron chi connectivity index (χ2n) is 5.92. The van der Waals surface area contributed by atoms with Gasteiger partial charge in [0.25, 0.3) is 5.91 Å². The zero-order chi connectivity index (χ0) is 18.7. The van der Waals surface area contributed by atoms with E-state index in [4.69, 9.17) is 5.26 Å². The van der Waals surface area contributed by atoms with Crippen molar-refractivity contribution in [3.63, 3.8) is 0 Å². The van der Waals surface area contributed by atoms with E-state index < -0.39 is 0 Å². The fourth-order valence-corrected chi connectivity index (χ4v) is 2.80. The lowest BCUT2D eigenvalue weighted by atomic mass is 10.1. The predicted molar refractivity (Wildman–Crippen MR) is 96.7 cm³/mol. The Hall–Kier alpha value is -3.46. The van der Waals surface area contributed by atoms with Crippen molar-refractivity contribution in [1.82, 2.24) is 9.78 Å². The molecule has 0 radical (unpaired) electrons. The standard InChI is InChI=1S/C20H17FN4O/c1-13-19(14(2)25(24-13)18-9-5-16(21)6-10-18)20(26)23-17-7-3-15(4-8-17)11-12-22/h3-10H,11H2,1-2H3,(H,23,26). The number of hydrogen-bond acceptors (Lipinski definition) is 3.